The van der Waals surface area contributed by atoms with Gasteiger partial charge in [-0.1, -0.05) is 29.8 Å². The van der Waals surface area contributed by atoms with Crippen LogP contribution in [0.4, 0.5) is 0 Å². The lowest BCUT2D eigenvalue weighted by Gasteiger charge is -2.27. The fourth-order valence-corrected chi connectivity index (χ4v) is 5.39. The predicted octanol–water partition coefficient (Wildman–Crippen LogP) is 2.45. The largest absolute Gasteiger partial charge is 0.469 e. The second-order valence-electron chi connectivity index (χ2n) is 7.44. The Morgan fingerprint density at radius 1 is 1.14 bits per heavy atom. The van der Waals surface area contributed by atoms with Gasteiger partial charge in [0.25, 0.3) is 0 Å². The number of aryl methyl sites for hydroxylation is 1. The molecule has 8 heteroatoms. The molecule has 0 unspecified atom stereocenters. The van der Waals surface area contributed by atoms with Gasteiger partial charge in [0.05, 0.1) is 32.0 Å². The van der Waals surface area contributed by atoms with Gasteiger partial charge in [0.2, 0.25) is 10.0 Å². The van der Waals surface area contributed by atoms with Crippen molar-refractivity contribution in [2.45, 2.75) is 44.0 Å². The highest BCUT2D eigenvalue weighted by Crippen LogP contribution is 2.45. The molecule has 1 aromatic carbocycles. The molecule has 1 fully saturated rings. The number of carbonyl (C=O) groups excluding carboxylic acids is 2. The van der Waals surface area contributed by atoms with E-state index in [2.05, 4.69) is 6.58 Å². The summed E-state index contributed by atoms with van der Waals surface area (Å²) in [4.78, 5) is 24.2. The Labute approximate surface area is 166 Å². The molecule has 0 amide bonds. The normalized spacial score (nSPS) is 19.2. The molecule has 1 aromatic rings. The minimum Gasteiger partial charge on any atom is -0.469 e. The monoisotopic (exact) mass is 409 g/mol. The van der Waals surface area contributed by atoms with E-state index in [1.54, 1.807) is 31.2 Å². The second-order valence-corrected chi connectivity index (χ2v) is 9.33. The van der Waals surface area contributed by atoms with Crippen LogP contribution < -0.4 is 0 Å². The fourth-order valence-electron chi connectivity index (χ4n) is 3.61. The molecule has 1 aliphatic heterocycles. The summed E-state index contributed by atoms with van der Waals surface area (Å²) in [6.07, 6.45) is 0.127. The van der Waals surface area contributed by atoms with Gasteiger partial charge in [-0.2, -0.15) is 4.31 Å². The molecule has 2 rings (SSSR count). The van der Waals surface area contributed by atoms with Crippen molar-refractivity contribution < 1.29 is 27.5 Å². The zero-order valence-electron chi connectivity index (χ0n) is 16.7. The van der Waals surface area contributed by atoms with Crippen molar-refractivity contribution in [3.63, 3.8) is 0 Å². The molecule has 0 aliphatic carbocycles. The van der Waals surface area contributed by atoms with Crippen molar-refractivity contribution in [3.8, 4) is 0 Å². The molecule has 0 aromatic heterocycles. The molecular formula is C20H27NO6S. The third kappa shape index (κ3) is 4.62. The van der Waals surface area contributed by atoms with Crippen LogP contribution in [0.2, 0.25) is 0 Å². The summed E-state index contributed by atoms with van der Waals surface area (Å²) < 4.78 is 37.5. The lowest BCUT2D eigenvalue weighted by atomic mass is 9.78. The molecule has 1 heterocycles. The van der Waals surface area contributed by atoms with Gasteiger partial charge in [-0.05, 0) is 32.4 Å². The zero-order valence-corrected chi connectivity index (χ0v) is 17.5. The fraction of sp³-hybridized carbons (Fsp3) is 0.500. The van der Waals surface area contributed by atoms with Crippen molar-refractivity contribution in [1.29, 1.82) is 0 Å². The van der Waals surface area contributed by atoms with Gasteiger partial charge in [-0.25, -0.2) is 8.42 Å². The number of sulfonamides is 1. The van der Waals surface area contributed by atoms with Gasteiger partial charge in [-0.3, -0.25) is 9.59 Å². The van der Waals surface area contributed by atoms with E-state index in [0.29, 0.717) is 5.57 Å². The Bertz CT molecular complexity index is 841. The summed E-state index contributed by atoms with van der Waals surface area (Å²) in [7, 11) is -1.31. The number of nitrogens with zero attached hydrogens (tertiary/aromatic N) is 1. The lowest BCUT2D eigenvalue weighted by Crippen LogP contribution is -2.38. The summed E-state index contributed by atoms with van der Waals surface area (Å²) in [5, 5.41) is 0. The van der Waals surface area contributed by atoms with E-state index in [-0.39, 0.29) is 30.7 Å². The number of ether oxygens (including phenoxy) is 2. The minimum atomic E-state index is -3.84. The highest BCUT2D eigenvalue weighted by Gasteiger charge is 2.51. The molecule has 1 atom stereocenters. The number of rotatable bonds is 7. The summed E-state index contributed by atoms with van der Waals surface area (Å²) in [5.74, 6) is -1.00. The van der Waals surface area contributed by atoms with Gasteiger partial charge in [-0.15, -0.1) is 0 Å². The maximum absolute atomic E-state index is 13.3. The average Bonchev–Trinajstić information content (AvgIpc) is 3.02. The van der Waals surface area contributed by atoms with Crippen LogP contribution in [-0.2, 0) is 29.1 Å². The Hall–Kier alpha value is -2.19. The maximum atomic E-state index is 13.3. The lowest BCUT2D eigenvalue weighted by molar-refractivity contribution is -0.147. The molecule has 7 nitrogen and oxygen atoms in total. The van der Waals surface area contributed by atoms with Crippen molar-refractivity contribution >= 4 is 22.0 Å². The molecule has 28 heavy (non-hydrogen) atoms. The summed E-state index contributed by atoms with van der Waals surface area (Å²) in [6, 6.07) is 6.05. The number of carbonyl (C=O) groups is 2. The highest BCUT2D eigenvalue weighted by atomic mass is 32.2. The smallest absolute Gasteiger partial charge is 0.306 e. The van der Waals surface area contributed by atoms with Crippen LogP contribution in [0.3, 0.4) is 0 Å². The van der Waals surface area contributed by atoms with E-state index in [0.717, 1.165) is 5.56 Å². The Balaban J connectivity index is 2.47. The zero-order chi connectivity index (χ0) is 21.1. The Morgan fingerprint density at radius 3 is 2.07 bits per heavy atom. The van der Waals surface area contributed by atoms with Crippen LogP contribution >= 0.6 is 0 Å². The van der Waals surface area contributed by atoms with Crippen molar-refractivity contribution in [1.82, 2.24) is 4.31 Å². The second kappa shape index (κ2) is 8.45. The van der Waals surface area contributed by atoms with Gasteiger partial charge < -0.3 is 9.47 Å². The van der Waals surface area contributed by atoms with Gasteiger partial charge in [0.15, 0.2) is 0 Å². The molecular weight excluding hydrogens is 382 g/mol. The third-order valence-electron chi connectivity index (χ3n) is 5.16. The first kappa shape index (κ1) is 22.1. The summed E-state index contributed by atoms with van der Waals surface area (Å²) in [6.45, 7) is 7.56. The van der Waals surface area contributed by atoms with E-state index in [1.165, 1.54) is 18.5 Å². The number of esters is 2. The molecule has 0 spiro atoms. The number of benzene rings is 1. The molecule has 1 aliphatic rings. The van der Waals surface area contributed by atoms with Crippen LogP contribution in [0.25, 0.3) is 0 Å². The van der Waals surface area contributed by atoms with Crippen molar-refractivity contribution in [3.05, 3.63) is 42.0 Å². The molecule has 154 valence electrons. The SMILES string of the molecule is C=C(C)[C@@H]1CC(CC(=O)OC)(CC(=O)OC)CN1S(=O)(=O)c1ccc(C)cc1. The molecule has 1 saturated heterocycles. The number of hydrogen-bond acceptors (Lipinski definition) is 6. The quantitative estimate of drug-likeness (QED) is 0.508. The number of hydrogen-bond donors (Lipinski definition) is 0. The van der Waals surface area contributed by atoms with E-state index >= 15 is 0 Å². The Kier molecular flexibility index (Phi) is 6.67. The minimum absolute atomic E-state index is 0.00490. The highest BCUT2D eigenvalue weighted by molar-refractivity contribution is 7.89. The first-order valence-electron chi connectivity index (χ1n) is 8.92. The van der Waals surface area contributed by atoms with Crippen LogP contribution in [0, 0.1) is 12.3 Å². The van der Waals surface area contributed by atoms with E-state index < -0.39 is 33.4 Å². The van der Waals surface area contributed by atoms with E-state index in [1.807, 2.05) is 6.92 Å². The first-order chi connectivity index (χ1) is 13.0. The van der Waals surface area contributed by atoms with E-state index in [9.17, 15) is 18.0 Å². The van der Waals surface area contributed by atoms with Gasteiger partial charge >= 0.3 is 11.9 Å². The van der Waals surface area contributed by atoms with Crippen LogP contribution in [0.15, 0.2) is 41.3 Å². The Morgan fingerprint density at radius 2 is 1.64 bits per heavy atom. The van der Waals surface area contributed by atoms with E-state index in [4.69, 9.17) is 9.47 Å². The van der Waals surface area contributed by atoms with Crippen molar-refractivity contribution in [2.24, 2.45) is 5.41 Å². The average molecular weight is 410 g/mol. The summed E-state index contributed by atoms with van der Waals surface area (Å²) >= 11 is 0. The molecule has 0 saturated carbocycles. The maximum Gasteiger partial charge on any atom is 0.306 e. The van der Waals surface area contributed by atoms with Crippen LogP contribution in [0.5, 0.6) is 0 Å². The van der Waals surface area contributed by atoms with Crippen LogP contribution in [-0.4, -0.2) is 51.5 Å². The van der Waals surface area contributed by atoms with Gasteiger partial charge in [0.1, 0.15) is 0 Å². The summed E-state index contributed by atoms with van der Waals surface area (Å²) in [5.41, 5.74) is 0.677. The number of methoxy groups -OCH3 is 2. The standard InChI is InChI=1S/C20H27NO6S/c1-14(2)17-10-20(11-18(22)26-4,12-19(23)27-5)13-21(17)28(24,25)16-8-6-15(3)7-9-16/h6-9,17H,1,10-13H2,2-5H3/t17-/m0/s1. The van der Waals surface area contributed by atoms with Crippen LogP contribution in [0.1, 0.15) is 31.7 Å². The predicted molar refractivity (Wildman–Crippen MR) is 104 cm³/mol. The first-order valence-corrected chi connectivity index (χ1v) is 10.4. The van der Waals surface area contributed by atoms with Gasteiger partial charge in [0, 0.05) is 18.0 Å². The topological polar surface area (TPSA) is 90.0 Å². The third-order valence-corrected chi connectivity index (χ3v) is 7.02. The van der Waals surface area contributed by atoms with Crippen molar-refractivity contribution in [2.75, 3.05) is 20.8 Å². The molecule has 0 bridgehead atoms. The molecule has 0 radical (unpaired) electrons. The molecule has 0 N–H and O–H groups in total.